The monoisotopic (exact) mass is 418 g/mol. The molecule has 1 aliphatic rings. The standard InChI is InChI=1S/C24H26N4O3/c1-16-26-21-7-3-2-6-20(21)24(31)28(16)19-11-9-18(10-12-19)23(30)27-14-4-5-17(15-27)8-13-22(25)29/h2-3,6-7,9-12,17H,4-5,8,13-15H2,1H3,(H2,25,29). The van der Waals surface area contributed by atoms with Crippen molar-refractivity contribution in [2.24, 2.45) is 11.7 Å². The lowest BCUT2D eigenvalue weighted by Crippen LogP contribution is -2.40. The van der Waals surface area contributed by atoms with Gasteiger partial charge in [0.1, 0.15) is 5.82 Å². The summed E-state index contributed by atoms with van der Waals surface area (Å²) in [5, 5.41) is 0.559. The number of nitrogens with two attached hydrogens (primary N) is 1. The van der Waals surface area contributed by atoms with E-state index in [0.29, 0.717) is 53.4 Å². The molecule has 2 aromatic carbocycles. The molecule has 1 saturated heterocycles. The molecule has 160 valence electrons. The third kappa shape index (κ3) is 4.35. The second kappa shape index (κ2) is 8.71. The molecule has 2 N–H and O–H groups in total. The van der Waals surface area contributed by atoms with Crippen LogP contribution >= 0.6 is 0 Å². The van der Waals surface area contributed by atoms with Gasteiger partial charge in [0, 0.05) is 25.1 Å². The number of amides is 2. The molecule has 1 fully saturated rings. The van der Waals surface area contributed by atoms with E-state index < -0.39 is 0 Å². The van der Waals surface area contributed by atoms with Crippen molar-refractivity contribution in [1.82, 2.24) is 14.5 Å². The summed E-state index contributed by atoms with van der Waals surface area (Å²) in [5.74, 6) is 0.564. The Morgan fingerprint density at radius 1 is 1.13 bits per heavy atom. The van der Waals surface area contributed by atoms with E-state index in [1.165, 1.54) is 0 Å². The Hall–Kier alpha value is -3.48. The van der Waals surface area contributed by atoms with Crippen LogP contribution in [0.1, 0.15) is 41.9 Å². The van der Waals surface area contributed by atoms with E-state index >= 15 is 0 Å². The van der Waals surface area contributed by atoms with Gasteiger partial charge in [-0.1, -0.05) is 12.1 Å². The van der Waals surface area contributed by atoms with Gasteiger partial charge in [0.25, 0.3) is 11.5 Å². The SMILES string of the molecule is Cc1nc2ccccc2c(=O)n1-c1ccc(C(=O)N2CCCC(CCC(N)=O)C2)cc1. The summed E-state index contributed by atoms with van der Waals surface area (Å²) in [6, 6.07) is 14.4. The maximum Gasteiger partial charge on any atom is 0.265 e. The van der Waals surface area contributed by atoms with Gasteiger partial charge < -0.3 is 10.6 Å². The number of hydrogen-bond acceptors (Lipinski definition) is 4. The third-order valence-corrected chi connectivity index (χ3v) is 5.92. The second-order valence-electron chi connectivity index (χ2n) is 8.13. The number of carbonyl (C=O) groups excluding carboxylic acids is 2. The summed E-state index contributed by atoms with van der Waals surface area (Å²) in [6.07, 6.45) is 3.00. The Labute approximate surface area is 180 Å². The molecule has 0 bridgehead atoms. The van der Waals surface area contributed by atoms with Crippen LogP contribution in [0.25, 0.3) is 16.6 Å². The normalized spacial score (nSPS) is 16.4. The van der Waals surface area contributed by atoms with Crippen LogP contribution < -0.4 is 11.3 Å². The molecule has 1 atom stereocenters. The molecule has 1 aromatic heterocycles. The summed E-state index contributed by atoms with van der Waals surface area (Å²) in [5.41, 5.74) is 7.06. The highest BCUT2D eigenvalue weighted by atomic mass is 16.2. The molecule has 3 aromatic rings. The summed E-state index contributed by atoms with van der Waals surface area (Å²) in [7, 11) is 0. The fourth-order valence-electron chi connectivity index (χ4n) is 4.31. The van der Waals surface area contributed by atoms with E-state index in [1.807, 2.05) is 23.1 Å². The van der Waals surface area contributed by atoms with Crippen molar-refractivity contribution < 1.29 is 9.59 Å². The lowest BCUT2D eigenvalue weighted by Gasteiger charge is -2.32. The van der Waals surface area contributed by atoms with Gasteiger partial charge in [-0.15, -0.1) is 0 Å². The molecule has 4 rings (SSSR count). The van der Waals surface area contributed by atoms with Gasteiger partial charge in [0.2, 0.25) is 5.91 Å². The predicted molar refractivity (Wildman–Crippen MR) is 119 cm³/mol. The highest BCUT2D eigenvalue weighted by molar-refractivity contribution is 5.94. The van der Waals surface area contributed by atoms with Gasteiger partial charge in [-0.3, -0.25) is 19.0 Å². The summed E-state index contributed by atoms with van der Waals surface area (Å²) in [6.45, 7) is 3.15. The summed E-state index contributed by atoms with van der Waals surface area (Å²) < 4.78 is 1.57. The maximum absolute atomic E-state index is 13.0. The number of aromatic nitrogens is 2. The molecule has 2 heterocycles. The predicted octanol–water partition coefficient (Wildman–Crippen LogP) is 2.81. The van der Waals surface area contributed by atoms with Gasteiger partial charge in [0.05, 0.1) is 16.6 Å². The first-order chi connectivity index (χ1) is 14.9. The van der Waals surface area contributed by atoms with Crippen LogP contribution in [0.5, 0.6) is 0 Å². The second-order valence-corrected chi connectivity index (χ2v) is 8.13. The van der Waals surface area contributed by atoms with Crippen LogP contribution in [0.4, 0.5) is 0 Å². The molecule has 2 amide bonds. The average Bonchev–Trinajstić information content (AvgIpc) is 2.78. The van der Waals surface area contributed by atoms with Crippen molar-refractivity contribution in [1.29, 1.82) is 0 Å². The number of rotatable bonds is 5. The highest BCUT2D eigenvalue weighted by Crippen LogP contribution is 2.23. The number of hydrogen-bond donors (Lipinski definition) is 1. The number of piperidine rings is 1. The Balaban J connectivity index is 1.55. The fraction of sp³-hybridized carbons (Fsp3) is 0.333. The lowest BCUT2D eigenvalue weighted by molar-refractivity contribution is -0.118. The lowest BCUT2D eigenvalue weighted by atomic mass is 9.93. The number of benzene rings is 2. The molecule has 1 aliphatic heterocycles. The Morgan fingerprint density at radius 3 is 2.61 bits per heavy atom. The summed E-state index contributed by atoms with van der Waals surface area (Å²) in [4.78, 5) is 43.4. The van der Waals surface area contributed by atoms with Crippen LogP contribution in [-0.4, -0.2) is 39.4 Å². The topological polar surface area (TPSA) is 98.3 Å². The van der Waals surface area contributed by atoms with E-state index in [0.717, 1.165) is 19.3 Å². The van der Waals surface area contributed by atoms with Crippen LogP contribution in [0.3, 0.4) is 0 Å². The third-order valence-electron chi connectivity index (χ3n) is 5.92. The Morgan fingerprint density at radius 2 is 1.87 bits per heavy atom. The fourth-order valence-corrected chi connectivity index (χ4v) is 4.31. The van der Waals surface area contributed by atoms with Crippen LogP contribution in [0, 0.1) is 12.8 Å². The van der Waals surface area contributed by atoms with Crippen molar-refractivity contribution in [3.63, 3.8) is 0 Å². The van der Waals surface area contributed by atoms with E-state index in [1.54, 1.807) is 41.8 Å². The van der Waals surface area contributed by atoms with Crippen molar-refractivity contribution in [3.05, 3.63) is 70.3 Å². The van der Waals surface area contributed by atoms with Gasteiger partial charge in [-0.2, -0.15) is 0 Å². The van der Waals surface area contributed by atoms with Gasteiger partial charge >= 0.3 is 0 Å². The molecule has 0 radical (unpaired) electrons. The first kappa shape index (κ1) is 20.8. The smallest absolute Gasteiger partial charge is 0.265 e. The van der Waals surface area contributed by atoms with E-state index in [9.17, 15) is 14.4 Å². The molecular formula is C24H26N4O3. The van der Waals surface area contributed by atoms with Gasteiger partial charge in [-0.25, -0.2) is 4.98 Å². The maximum atomic E-state index is 13.0. The van der Waals surface area contributed by atoms with E-state index in [-0.39, 0.29) is 17.4 Å². The van der Waals surface area contributed by atoms with Crippen molar-refractivity contribution in [3.8, 4) is 5.69 Å². The van der Waals surface area contributed by atoms with Crippen LogP contribution in [0.2, 0.25) is 0 Å². The minimum absolute atomic E-state index is 0.0315. The summed E-state index contributed by atoms with van der Waals surface area (Å²) >= 11 is 0. The van der Waals surface area contributed by atoms with Crippen LogP contribution in [0.15, 0.2) is 53.3 Å². The number of fused-ring (bicyclic) bond motifs is 1. The van der Waals surface area contributed by atoms with Crippen molar-refractivity contribution in [2.45, 2.75) is 32.6 Å². The number of carbonyl (C=O) groups is 2. The molecule has 7 heteroatoms. The number of primary amides is 1. The number of para-hydroxylation sites is 1. The van der Waals surface area contributed by atoms with Gasteiger partial charge in [-0.05, 0) is 68.5 Å². The quantitative estimate of drug-likeness (QED) is 0.689. The minimum Gasteiger partial charge on any atom is -0.370 e. The molecule has 1 unspecified atom stereocenters. The molecular weight excluding hydrogens is 392 g/mol. The van der Waals surface area contributed by atoms with E-state index in [2.05, 4.69) is 4.98 Å². The number of aryl methyl sites for hydroxylation is 1. The zero-order valence-corrected chi connectivity index (χ0v) is 17.6. The number of likely N-dealkylation sites (tertiary alicyclic amines) is 1. The zero-order chi connectivity index (χ0) is 22.0. The highest BCUT2D eigenvalue weighted by Gasteiger charge is 2.24. The Kier molecular flexibility index (Phi) is 5.84. The first-order valence-electron chi connectivity index (χ1n) is 10.6. The minimum atomic E-state index is -0.298. The molecule has 31 heavy (non-hydrogen) atoms. The molecule has 0 aliphatic carbocycles. The van der Waals surface area contributed by atoms with E-state index in [4.69, 9.17) is 5.73 Å². The molecule has 0 spiro atoms. The average molecular weight is 418 g/mol. The van der Waals surface area contributed by atoms with Gasteiger partial charge in [0.15, 0.2) is 0 Å². The molecule has 7 nitrogen and oxygen atoms in total. The van der Waals surface area contributed by atoms with Crippen molar-refractivity contribution in [2.75, 3.05) is 13.1 Å². The Bertz CT molecular complexity index is 1180. The van der Waals surface area contributed by atoms with Crippen molar-refractivity contribution >= 4 is 22.7 Å². The van der Waals surface area contributed by atoms with Crippen LogP contribution in [-0.2, 0) is 4.79 Å². The largest absolute Gasteiger partial charge is 0.370 e. The first-order valence-corrected chi connectivity index (χ1v) is 10.6. The zero-order valence-electron chi connectivity index (χ0n) is 17.6. The molecule has 0 saturated carbocycles. The number of nitrogens with zero attached hydrogens (tertiary/aromatic N) is 3.